The van der Waals surface area contributed by atoms with Crippen LogP contribution in [0, 0.1) is 11.3 Å². The molecule has 0 aromatic carbocycles. The van der Waals surface area contributed by atoms with Gasteiger partial charge in [0, 0.05) is 6.42 Å². The van der Waals surface area contributed by atoms with Crippen molar-refractivity contribution in [2.75, 3.05) is 6.61 Å². The summed E-state index contributed by atoms with van der Waals surface area (Å²) in [4.78, 5) is 0. The standard InChI is InChI=1S/C18H37NO4Si2/c1-16(2,3)24(7,8)22-15-11-14(12-20)21-18(15,13-19)23-25(9,10)17(4,5)6/h14-15,20H,11-12H2,1-10H3. The molecule has 3 unspecified atom stereocenters. The Morgan fingerprint density at radius 2 is 1.56 bits per heavy atom. The Hall–Kier alpha value is -0.236. The summed E-state index contributed by atoms with van der Waals surface area (Å²) in [7, 11) is -4.38. The summed E-state index contributed by atoms with van der Waals surface area (Å²) in [6.45, 7) is 21.3. The van der Waals surface area contributed by atoms with Gasteiger partial charge in [-0.05, 0) is 36.3 Å². The van der Waals surface area contributed by atoms with Gasteiger partial charge in [0.1, 0.15) is 12.2 Å². The summed E-state index contributed by atoms with van der Waals surface area (Å²) in [5, 5.41) is 19.6. The molecule has 1 fully saturated rings. The Morgan fingerprint density at radius 1 is 1.08 bits per heavy atom. The Bertz CT molecular complexity index is 517. The Labute approximate surface area is 155 Å². The minimum atomic E-state index is -2.26. The lowest BCUT2D eigenvalue weighted by Gasteiger charge is -2.45. The van der Waals surface area contributed by atoms with Gasteiger partial charge in [-0.2, -0.15) is 5.26 Å². The summed E-state index contributed by atoms with van der Waals surface area (Å²) in [6, 6.07) is 2.27. The summed E-state index contributed by atoms with van der Waals surface area (Å²) >= 11 is 0. The highest BCUT2D eigenvalue weighted by Crippen LogP contribution is 2.46. The van der Waals surface area contributed by atoms with Crippen molar-refractivity contribution in [3.05, 3.63) is 0 Å². The number of aliphatic hydroxyl groups is 1. The van der Waals surface area contributed by atoms with Crippen molar-refractivity contribution in [1.29, 1.82) is 5.26 Å². The number of rotatable bonds is 5. The molecule has 0 aromatic heterocycles. The van der Waals surface area contributed by atoms with Gasteiger partial charge in [0.05, 0.1) is 12.7 Å². The van der Waals surface area contributed by atoms with Crippen molar-refractivity contribution >= 4 is 16.6 Å². The molecule has 1 saturated heterocycles. The smallest absolute Gasteiger partial charge is 0.276 e. The van der Waals surface area contributed by atoms with Crippen LogP contribution in [0.15, 0.2) is 0 Å². The van der Waals surface area contributed by atoms with Gasteiger partial charge in [0.2, 0.25) is 0 Å². The van der Waals surface area contributed by atoms with Crippen LogP contribution in [0.4, 0.5) is 0 Å². The Morgan fingerprint density at radius 3 is 1.92 bits per heavy atom. The van der Waals surface area contributed by atoms with Crippen LogP contribution in [0.5, 0.6) is 0 Å². The Kier molecular flexibility index (Phi) is 6.44. The van der Waals surface area contributed by atoms with Gasteiger partial charge in [-0.15, -0.1) is 0 Å². The zero-order valence-electron chi connectivity index (χ0n) is 17.7. The molecule has 5 nitrogen and oxygen atoms in total. The van der Waals surface area contributed by atoms with Crippen molar-refractivity contribution in [3.8, 4) is 6.07 Å². The normalized spacial score (nSPS) is 28.9. The highest BCUT2D eigenvalue weighted by molar-refractivity contribution is 6.74. The van der Waals surface area contributed by atoms with Gasteiger partial charge in [-0.1, -0.05) is 41.5 Å². The summed E-state index contributed by atoms with van der Waals surface area (Å²) in [6.07, 6.45) is -0.436. The van der Waals surface area contributed by atoms with Gasteiger partial charge >= 0.3 is 0 Å². The molecule has 1 rings (SSSR count). The molecule has 0 bridgehead atoms. The first-order chi connectivity index (χ1) is 11.0. The average molecular weight is 388 g/mol. The zero-order chi connectivity index (χ0) is 19.9. The van der Waals surface area contributed by atoms with Gasteiger partial charge in [0.15, 0.2) is 16.6 Å². The second-order valence-electron chi connectivity index (χ2n) is 10.2. The molecule has 1 aliphatic heterocycles. The molecule has 0 aliphatic carbocycles. The van der Waals surface area contributed by atoms with E-state index in [0.29, 0.717) is 6.42 Å². The van der Waals surface area contributed by atoms with Gasteiger partial charge in [-0.25, -0.2) is 0 Å². The van der Waals surface area contributed by atoms with E-state index in [1.165, 1.54) is 0 Å². The van der Waals surface area contributed by atoms with E-state index < -0.39 is 34.6 Å². The fraction of sp³-hybridized carbons (Fsp3) is 0.944. The van der Waals surface area contributed by atoms with Crippen molar-refractivity contribution in [2.24, 2.45) is 0 Å². The molecular weight excluding hydrogens is 350 g/mol. The highest BCUT2D eigenvalue weighted by Gasteiger charge is 2.58. The lowest BCUT2D eigenvalue weighted by atomic mass is 10.1. The van der Waals surface area contributed by atoms with Crippen LogP contribution < -0.4 is 0 Å². The minimum Gasteiger partial charge on any atom is -0.407 e. The monoisotopic (exact) mass is 387 g/mol. The predicted molar refractivity (Wildman–Crippen MR) is 105 cm³/mol. The van der Waals surface area contributed by atoms with Crippen molar-refractivity contribution < 1.29 is 18.7 Å². The van der Waals surface area contributed by atoms with E-state index in [1.807, 2.05) is 0 Å². The first kappa shape index (κ1) is 22.8. The van der Waals surface area contributed by atoms with E-state index in [-0.39, 0.29) is 16.7 Å². The number of ether oxygens (including phenoxy) is 1. The van der Waals surface area contributed by atoms with Gasteiger partial charge in [-0.3, -0.25) is 0 Å². The van der Waals surface area contributed by atoms with Gasteiger partial charge < -0.3 is 18.7 Å². The van der Waals surface area contributed by atoms with Crippen LogP contribution in [0.2, 0.25) is 36.3 Å². The number of nitriles is 1. The summed E-state index contributed by atoms with van der Waals surface area (Å²) in [5.74, 6) is -1.44. The molecule has 1 aliphatic rings. The molecular formula is C18H37NO4Si2. The van der Waals surface area contributed by atoms with Crippen LogP contribution in [-0.2, 0) is 13.6 Å². The summed E-state index contributed by atoms with van der Waals surface area (Å²) in [5.41, 5.74) is 0. The second-order valence-corrected chi connectivity index (χ2v) is 19.6. The molecule has 0 spiro atoms. The van der Waals surface area contributed by atoms with E-state index in [9.17, 15) is 10.4 Å². The largest absolute Gasteiger partial charge is 0.407 e. The molecule has 1 heterocycles. The molecule has 0 aromatic rings. The maximum atomic E-state index is 10.0. The van der Waals surface area contributed by atoms with E-state index in [2.05, 4.69) is 73.8 Å². The molecule has 0 saturated carbocycles. The predicted octanol–water partition coefficient (Wildman–Crippen LogP) is 4.40. The van der Waals surface area contributed by atoms with E-state index in [0.717, 1.165) is 0 Å². The van der Waals surface area contributed by atoms with E-state index >= 15 is 0 Å². The molecule has 3 atom stereocenters. The minimum absolute atomic E-state index is 0.0163. The molecule has 0 radical (unpaired) electrons. The fourth-order valence-corrected chi connectivity index (χ4v) is 4.88. The molecule has 1 N–H and O–H groups in total. The molecule has 146 valence electrons. The quantitative estimate of drug-likeness (QED) is 0.708. The topological polar surface area (TPSA) is 71.7 Å². The second kappa shape index (κ2) is 7.06. The highest BCUT2D eigenvalue weighted by atomic mass is 28.4. The molecule has 0 amide bonds. The van der Waals surface area contributed by atoms with Crippen molar-refractivity contribution in [1.82, 2.24) is 0 Å². The summed E-state index contributed by atoms with van der Waals surface area (Å²) < 4.78 is 18.9. The number of aliphatic hydroxyl groups excluding tert-OH is 1. The maximum absolute atomic E-state index is 10.0. The number of nitrogens with zero attached hydrogens (tertiary/aromatic N) is 1. The Balaban J connectivity index is 3.23. The van der Waals surface area contributed by atoms with E-state index in [4.69, 9.17) is 13.6 Å². The number of hydrogen-bond donors (Lipinski definition) is 1. The van der Waals surface area contributed by atoms with Crippen molar-refractivity contribution in [3.63, 3.8) is 0 Å². The van der Waals surface area contributed by atoms with Gasteiger partial charge in [0.25, 0.3) is 5.79 Å². The van der Waals surface area contributed by atoms with E-state index in [1.54, 1.807) is 0 Å². The molecule has 7 heteroatoms. The lowest BCUT2D eigenvalue weighted by molar-refractivity contribution is -0.176. The van der Waals surface area contributed by atoms with Crippen LogP contribution in [0.25, 0.3) is 0 Å². The third-order valence-corrected chi connectivity index (χ3v) is 15.0. The van der Waals surface area contributed by atoms with Crippen LogP contribution in [0.3, 0.4) is 0 Å². The SMILES string of the molecule is CC(C)(C)[Si](C)(C)OC1CC(CO)OC1(C#N)O[Si](C)(C)C(C)(C)C. The lowest BCUT2D eigenvalue weighted by Crippen LogP contribution is -2.57. The third-order valence-electron chi connectivity index (χ3n) is 6.06. The first-order valence-corrected chi connectivity index (χ1v) is 14.9. The van der Waals surface area contributed by atoms with Crippen LogP contribution >= 0.6 is 0 Å². The third kappa shape index (κ3) is 4.73. The zero-order valence-corrected chi connectivity index (χ0v) is 19.7. The van der Waals surface area contributed by atoms with Crippen molar-refractivity contribution in [2.45, 2.75) is 102 Å². The maximum Gasteiger partial charge on any atom is 0.276 e. The van der Waals surface area contributed by atoms with Crippen LogP contribution in [0.1, 0.15) is 48.0 Å². The first-order valence-electron chi connectivity index (χ1n) is 9.09. The van der Waals surface area contributed by atoms with Crippen LogP contribution in [-0.4, -0.2) is 46.3 Å². The number of hydrogen-bond acceptors (Lipinski definition) is 5. The average Bonchev–Trinajstić information content (AvgIpc) is 2.73. The molecule has 25 heavy (non-hydrogen) atoms. The fourth-order valence-electron chi connectivity index (χ4n) is 2.28.